The average Bonchev–Trinajstić information content (AvgIpc) is 2.47. The van der Waals surface area contributed by atoms with Crippen LogP contribution in [0.4, 0.5) is 4.79 Å². The van der Waals surface area contributed by atoms with Gasteiger partial charge in [-0.25, -0.2) is 4.79 Å². The van der Waals surface area contributed by atoms with Crippen LogP contribution < -0.4 is 10.6 Å². The molecule has 2 saturated heterocycles. The van der Waals surface area contributed by atoms with E-state index in [2.05, 4.69) is 20.4 Å². The molecule has 2 aliphatic rings. The van der Waals surface area contributed by atoms with Crippen molar-refractivity contribution in [2.75, 3.05) is 52.4 Å². The number of carbonyl (C=O) groups excluding carboxylic acids is 1. The van der Waals surface area contributed by atoms with Crippen LogP contribution in [0.5, 0.6) is 0 Å². The molecule has 6 heteroatoms. The molecular formula is C16H32N4O2. The number of piperidine rings is 1. The highest BCUT2D eigenvalue weighted by atomic mass is 16.6. The van der Waals surface area contributed by atoms with E-state index in [9.17, 15) is 4.79 Å². The minimum atomic E-state index is -0.426. The Morgan fingerprint density at radius 3 is 2.41 bits per heavy atom. The average molecular weight is 312 g/mol. The standard InChI is InChI=1S/C16H32N4O2/c1-16(2,3)22-15(21)18-8-9-19-10-12-20(13-11-19)14-4-6-17-7-5-14/h14,17H,4-13H2,1-3H3,(H,18,21). The van der Waals surface area contributed by atoms with Gasteiger partial charge in [0.25, 0.3) is 0 Å². The van der Waals surface area contributed by atoms with Gasteiger partial charge in [-0.3, -0.25) is 9.80 Å². The van der Waals surface area contributed by atoms with Gasteiger partial charge in [0, 0.05) is 45.3 Å². The van der Waals surface area contributed by atoms with Crippen molar-refractivity contribution in [1.82, 2.24) is 20.4 Å². The number of alkyl carbamates (subject to hydrolysis) is 1. The van der Waals surface area contributed by atoms with Crippen LogP contribution in [0.25, 0.3) is 0 Å². The van der Waals surface area contributed by atoms with Crippen molar-refractivity contribution in [3.05, 3.63) is 0 Å². The Bertz CT molecular complexity index is 343. The lowest BCUT2D eigenvalue weighted by atomic mass is 10.0. The second kappa shape index (κ2) is 8.13. The van der Waals surface area contributed by atoms with Crippen LogP contribution in [0, 0.1) is 0 Å². The third kappa shape index (κ3) is 6.10. The summed E-state index contributed by atoms with van der Waals surface area (Å²) < 4.78 is 5.24. The number of ether oxygens (including phenoxy) is 1. The fourth-order valence-electron chi connectivity index (χ4n) is 3.15. The van der Waals surface area contributed by atoms with Crippen molar-refractivity contribution in [3.8, 4) is 0 Å². The summed E-state index contributed by atoms with van der Waals surface area (Å²) in [5.74, 6) is 0. The second-order valence-corrected chi connectivity index (χ2v) is 7.29. The predicted molar refractivity (Wildman–Crippen MR) is 88.1 cm³/mol. The van der Waals surface area contributed by atoms with Crippen LogP contribution in [0.15, 0.2) is 0 Å². The lowest BCUT2D eigenvalue weighted by molar-refractivity contribution is 0.0507. The van der Waals surface area contributed by atoms with Crippen LogP contribution in [-0.4, -0.2) is 79.9 Å². The van der Waals surface area contributed by atoms with Gasteiger partial charge in [-0.1, -0.05) is 0 Å². The van der Waals surface area contributed by atoms with Crippen molar-refractivity contribution in [3.63, 3.8) is 0 Å². The molecule has 2 aliphatic heterocycles. The maximum Gasteiger partial charge on any atom is 0.407 e. The first-order valence-electron chi connectivity index (χ1n) is 8.58. The van der Waals surface area contributed by atoms with Crippen molar-refractivity contribution >= 4 is 6.09 Å². The number of hydrogen-bond acceptors (Lipinski definition) is 5. The highest BCUT2D eigenvalue weighted by Crippen LogP contribution is 2.14. The van der Waals surface area contributed by atoms with Crippen LogP contribution >= 0.6 is 0 Å². The van der Waals surface area contributed by atoms with E-state index < -0.39 is 5.60 Å². The zero-order chi connectivity index (χ0) is 16.0. The number of amides is 1. The quantitative estimate of drug-likeness (QED) is 0.807. The van der Waals surface area contributed by atoms with E-state index >= 15 is 0 Å². The minimum Gasteiger partial charge on any atom is -0.444 e. The van der Waals surface area contributed by atoms with E-state index in [1.165, 1.54) is 12.8 Å². The largest absolute Gasteiger partial charge is 0.444 e. The van der Waals surface area contributed by atoms with Crippen LogP contribution in [-0.2, 0) is 4.74 Å². The second-order valence-electron chi connectivity index (χ2n) is 7.29. The molecule has 0 spiro atoms. The van der Waals surface area contributed by atoms with E-state index in [0.717, 1.165) is 51.9 Å². The Labute approximate surface area is 134 Å². The fourth-order valence-corrected chi connectivity index (χ4v) is 3.15. The summed E-state index contributed by atoms with van der Waals surface area (Å²) in [5, 5.41) is 6.26. The van der Waals surface area contributed by atoms with Gasteiger partial charge in [-0.2, -0.15) is 0 Å². The van der Waals surface area contributed by atoms with Gasteiger partial charge >= 0.3 is 6.09 Å². The fraction of sp³-hybridized carbons (Fsp3) is 0.938. The summed E-state index contributed by atoms with van der Waals surface area (Å²) in [6.07, 6.45) is 2.24. The minimum absolute atomic E-state index is 0.319. The summed E-state index contributed by atoms with van der Waals surface area (Å²) in [6, 6.07) is 0.767. The Morgan fingerprint density at radius 1 is 1.18 bits per heavy atom. The Hall–Kier alpha value is -0.850. The Kier molecular flexibility index (Phi) is 6.47. The molecule has 2 rings (SSSR count). The Morgan fingerprint density at radius 2 is 1.82 bits per heavy atom. The number of hydrogen-bond donors (Lipinski definition) is 2. The zero-order valence-corrected chi connectivity index (χ0v) is 14.4. The monoisotopic (exact) mass is 312 g/mol. The molecule has 0 saturated carbocycles. The predicted octanol–water partition coefficient (Wildman–Crippen LogP) is 0.881. The van der Waals surface area contributed by atoms with E-state index in [1.54, 1.807) is 0 Å². The van der Waals surface area contributed by atoms with Gasteiger partial charge in [-0.15, -0.1) is 0 Å². The third-order valence-corrected chi connectivity index (χ3v) is 4.33. The summed E-state index contributed by atoms with van der Waals surface area (Å²) in [5.41, 5.74) is -0.426. The molecule has 2 N–H and O–H groups in total. The molecule has 0 bridgehead atoms. The molecule has 0 atom stereocenters. The number of nitrogens with one attached hydrogen (secondary N) is 2. The third-order valence-electron chi connectivity index (χ3n) is 4.33. The number of nitrogens with zero attached hydrogens (tertiary/aromatic N) is 2. The highest BCUT2D eigenvalue weighted by Gasteiger charge is 2.24. The normalized spacial score (nSPS) is 22.5. The van der Waals surface area contributed by atoms with E-state index in [-0.39, 0.29) is 6.09 Å². The van der Waals surface area contributed by atoms with Crippen molar-refractivity contribution < 1.29 is 9.53 Å². The summed E-state index contributed by atoms with van der Waals surface area (Å²) in [4.78, 5) is 16.7. The summed E-state index contributed by atoms with van der Waals surface area (Å²) in [6.45, 7) is 14.0. The molecule has 2 fully saturated rings. The molecule has 0 aromatic carbocycles. The molecular weight excluding hydrogens is 280 g/mol. The van der Waals surface area contributed by atoms with Crippen LogP contribution in [0.1, 0.15) is 33.6 Å². The SMILES string of the molecule is CC(C)(C)OC(=O)NCCN1CCN(C2CCNCC2)CC1. The van der Waals surface area contributed by atoms with E-state index in [0.29, 0.717) is 6.54 Å². The lowest BCUT2D eigenvalue weighted by Crippen LogP contribution is -2.53. The van der Waals surface area contributed by atoms with Gasteiger partial charge in [-0.05, 0) is 46.7 Å². The van der Waals surface area contributed by atoms with Crippen molar-refractivity contribution in [2.24, 2.45) is 0 Å². The zero-order valence-electron chi connectivity index (χ0n) is 14.4. The summed E-state index contributed by atoms with van der Waals surface area (Å²) in [7, 11) is 0. The highest BCUT2D eigenvalue weighted by molar-refractivity contribution is 5.67. The number of rotatable bonds is 4. The van der Waals surface area contributed by atoms with E-state index in [1.807, 2.05) is 20.8 Å². The van der Waals surface area contributed by atoms with Gasteiger partial charge in [0.1, 0.15) is 5.60 Å². The molecule has 0 aromatic rings. The van der Waals surface area contributed by atoms with Crippen molar-refractivity contribution in [2.45, 2.75) is 45.3 Å². The lowest BCUT2D eigenvalue weighted by Gasteiger charge is -2.40. The van der Waals surface area contributed by atoms with Crippen LogP contribution in [0.2, 0.25) is 0 Å². The van der Waals surface area contributed by atoms with Gasteiger partial charge in [0.05, 0.1) is 0 Å². The first kappa shape index (κ1) is 17.5. The molecule has 0 aliphatic carbocycles. The number of carbonyl (C=O) groups is 1. The molecule has 2 heterocycles. The molecule has 128 valence electrons. The maximum absolute atomic E-state index is 11.6. The first-order valence-corrected chi connectivity index (χ1v) is 8.58. The smallest absolute Gasteiger partial charge is 0.407 e. The molecule has 0 radical (unpaired) electrons. The van der Waals surface area contributed by atoms with Gasteiger partial charge in [0.15, 0.2) is 0 Å². The summed E-state index contributed by atoms with van der Waals surface area (Å²) >= 11 is 0. The van der Waals surface area contributed by atoms with Gasteiger partial charge < -0.3 is 15.4 Å². The van der Waals surface area contributed by atoms with Crippen LogP contribution in [0.3, 0.4) is 0 Å². The van der Waals surface area contributed by atoms with E-state index in [4.69, 9.17) is 4.74 Å². The Balaban J connectivity index is 1.58. The maximum atomic E-state index is 11.6. The van der Waals surface area contributed by atoms with Gasteiger partial charge in [0.2, 0.25) is 0 Å². The number of piperazine rings is 1. The van der Waals surface area contributed by atoms with Crippen molar-refractivity contribution in [1.29, 1.82) is 0 Å². The molecule has 0 aromatic heterocycles. The molecule has 0 unspecified atom stereocenters. The topological polar surface area (TPSA) is 56.8 Å². The molecule has 1 amide bonds. The molecule has 22 heavy (non-hydrogen) atoms. The molecule has 6 nitrogen and oxygen atoms in total. The first-order chi connectivity index (χ1) is 10.4.